The number of hydrogen-bond donors (Lipinski definition) is 2. The van der Waals surface area contributed by atoms with Crippen LogP contribution in [0.1, 0.15) is 0 Å². The monoisotopic (exact) mass is 298 g/mol. The smallest absolute Gasteiger partial charge is 0.789 e. The van der Waals surface area contributed by atoms with Gasteiger partial charge in [-0.05, 0) is 0 Å². The first-order valence-corrected chi connectivity index (χ1v) is 4.49. The first-order valence-electron chi connectivity index (χ1n) is 1.50. The van der Waals surface area contributed by atoms with Gasteiger partial charge >= 0.3 is 53.3 Å². The van der Waals surface area contributed by atoms with Crippen LogP contribution < -0.4 is 9.79 Å². The molecule has 1 atom stereocenters. The quantitative estimate of drug-likeness (QED) is 0.429. The van der Waals surface area contributed by atoms with Gasteiger partial charge in [0.2, 0.25) is 0 Å². The minimum Gasteiger partial charge on any atom is -0.789 e. The molecule has 64 valence electrons. The van der Waals surface area contributed by atoms with Crippen molar-refractivity contribution >= 4 is 71.0 Å². The van der Waals surface area contributed by atoms with E-state index < -0.39 is 15.6 Å². The van der Waals surface area contributed by atoms with Crippen LogP contribution in [0.15, 0.2) is 0 Å². The predicted molar refractivity (Wildman–Crippen MR) is 37.6 cm³/mol. The van der Waals surface area contributed by atoms with Gasteiger partial charge in [0.05, 0.1) is 7.82 Å². The average molecular weight is 298 g/mol. The second kappa shape index (κ2) is 6.60. The van der Waals surface area contributed by atoms with Crippen LogP contribution in [-0.4, -0.2) is 55.3 Å². The summed E-state index contributed by atoms with van der Waals surface area (Å²) in [5.41, 5.74) is 0. The minimum atomic E-state index is -5.55. The summed E-state index contributed by atoms with van der Waals surface area (Å²) in [4.78, 5) is 34.1. The van der Waals surface area contributed by atoms with Gasteiger partial charge in [-0.2, -0.15) is 9.90 Å². The third-order valence-electron chi connectivity index (χ3n) is 0.206. The number of phosphoric acid groups is 2. The molecule has 0 amide bonds. The molecule has 1 unspecified atom stereocenters. The summed E-state index contributed by atoms with van der Waals surface area (Å²) in [6, 6.07) is 0. The summed E-state index contributed by atoms with van der Waals surface area (Å²) in [5, 5.41) is 0. The molecule has 0 heterocycles. The summed E-state index contributed by atoms with van der Waals surface area (Å²) in [5.74, 6) is 0. The average Bonchev–Trinajstić information content (AvgIpc) is 1.14. The fourth-order valence-corrected chi connectivity index (χ4v) is 1.17. The minimum absolute atomic E-state index is 0. The molecule has 11 heteroatoms. The predicted octanol–water partition coefficient (Wildman–Crippen LogP) is -2.40. The molecule has 11 heavy (non-hydrogen) atoms. The fourth-order valence-electron chi connectivity index (χ4n) is 0.130. The number of rotatable bonds is 2. The summed E-state index contributed by atoms with van der Waals surface area (Å²) in [6.07, 6.45) is 0. The molecular weight excluding hydrogens is 293 g/mol. The van der Waals surface area contributed by atoms with Crippen LogP contribution in [0.4, 0.5) is 0 Å². The second-order valence-electron chi connectivity index (χ2n) is 1.02. The van der Waals surface area contributed by atoms with Crippen molar-refractivity contribution in [3.8, 4) is 0 Å². The van der Waals surface area contributed by atoms with Gasteiger partial charge in [-0.15, -0.1) is 0 Å². The van der Waals surface area contributed by atoms with Crippen molar-refractivity contribution in [2.45, 2.75) is 0 Å². The summed E-state index contributed by atoms with van der Waals surface area (Å²) >= 11 is 0. The normalized spacial score (nSPS) is 11.3. The van der Waals surface area contributed by atoms with Gasteiger partial charge in [0.1, 0.15) is 0 Å². The van der Waals surface area contributed by atoms with E-state index in [4.69, 9.17) is 9.79 Å². The molecule has 7 nitrogen and oxygen atoms in total. The molecular formula is H5O7P3Sr. The molecule has 0 saturated carbocycles. The molecule has 0 aromatic carbocycles. The van der Waals surface area contributed by atoms with Gasteiger partial charge in [0.15, 0.2) is 0 Å². The molecule has 0 bridgehead atoms. The van der Waals surface area contributed by atoms with E-state index in [0.717, 1.165) is 0 Å². The zero-order chi connectivity index (χ0) is 7.71. The van der Waals surface area contributed by atoms with Crippen LogP contribution >= 0.6 is 25.5 Å². The molecule has 0 aromatic heterocycles. The fraction of sp³-hybridized carbons (Fsp3) is 0. The Kier molecular flexibility index (Phi) is 11.3. The standard InChI is InChI=1S/H4O7P2.H3P.Sr/c1-8(2,3)7-9(4,5)6;;/h(H2,1,2,3)(H2,4,5,6);1H3;/q;;+2/p-2. The van der Waals surface area contributed by atoms with Crippen LogP contribution in [0.3, 0.4) is 0 Å². The van der Waals surface area contributed by atoms with Crippen LogP contribution in [0.2, 0.25) is 0 Å². The van der Waals surface area contributed by atoms with E-state index in [2.05, 4.69) is 4.31 Å². The first-order chi connectivity index (χ1) is 3.71. The van der Waals surface area contributed by atoms with Crippen molar-refractivity contribution in [1.82, 2.24) is 0 Å². The SMILES string of the molecule is O=P([O-])([O-])OP(=O)(O)O.P.[Sr+2]. The van der Waals surface area contributed by atoms with Crippen molar-refractivity contribution in [3.05, 3.63) is 0 Å². The van der Waals surface area contributed by atoms with Crippen LogP contribution in [0.25, 0.3) is 0 Å². The van der Waals surface area contributed by atoms with E-state index in [9.17, 15) is 18.9 Å². The Balaban J connectivity index is -0.000000320. The van der Waals surface area contributed by atoms with E-state index in [1.165, 1.54) is 0 Å². The van der Waals surface area contributed by atoms with Crippen LogP contribution in [-0.2, 0) is 13.4 Å². The molecule has 0 aromatic rings. The Morgan fingerprint density at radius 1 is 1.18 bits per heavy atom. The van der Waals surface area contributed by atoms with E-state index in [-0.39, 0.29) is 55.4 Å². The van der Waals surface area contributed by atoms with Crippen molar-refractivity contribution in [1.29, 1.82) is 0 Å². The van der Waals surface area contributed by atoms with Crippen LogP contribution in [0, 0.1) is 0 Å². The molecule has 0 spiro atoms. The van der Waals surface area contributed by atoms with Gasteiger partial charge in [-0.25, -0.2) is 4.57 Å². The third kappa shape index (κ3) is 18.9. The maximum absolute atomic E-state index is 9.55. The van der Waals surface area contributed by atoms with Gasteiger partial charge in [-0.1, -0.05) is 0 Å². The maximum atomic E-state index is 9.55. The van der Waals surface area contributed by atoms with Crippen molar-refractivity contribution in [2.75, 3.05) is 0 Å². The summed E-state index contributed by atoms with van der Waals surface area (Å²) < 4.78 is 21.7. The van der Waals surface area contributed by atoms with Crippen molar-refractivity contribution < 1.29 is 33.0 Å². The second-order valence-corrected chi connectivity index (χ2v) is 3.55. The molecule has 0 fully saturated rings. The molecule has 0 aliphatic rings. The Morgan fingerprint density at radius 3 is 1.45 bits per heavy atom. The Hall–Kier alpha value is 2.17. The zero-order valence-corrected chi connectivity index (χ0v) is 11.9. The van der Waals surface area contributed by atoms with Crippen molar-refractivity contribution in [2.24, 2.45) is 0 Å². The van der Waals surface area contributed by atoms with Crippen molar-refractivity contribution in [3.63, 3.8) is 0 Å². The first kappa shape index (κ1) is 18.9. The molecule has 0 aliphatic carbocycles. The van der Waals surface area contributed by atoms with Gasteiger partial charge in [-0.3, -0.25) is 4.31 Å². The van der Waals surface area contributed by atoms with Crippen LogP contribution in [0.5, 0.6) is 0 Å². The zero-order valence-electron chi connectivity index (χ0n) is 5.24. The molecule has 0 radical (unpaired) electrons. The van der Waals surface area contributed by atoms with E-state index in [1.807, 2.05) is 0 Å². The molecule has 0 saturated heterocycles. The molecule has 0 rings (SSSR count). The van der Waals surface area contributed by atoms with Gasteiger partial charge < -0.3 is 24.1 Å². The van der Waals surface area contributed by atoms with Gasteiger partial charge in [0.25, 0.3) is 0 Å². The Bertz CT molecular complexity index is 154. The third-order valence-corrected chi connectivity index (χ3v) is 1.86. The maximum Gasteiger partial charge on any atom is 2.00 e. The van der Waals surface area contributed by atoms with E-state index >= 15 is 0 Å². The number of hydrogen-bond acceptors (Lipinski definition) is 5. The summed E-state index contributed by atoms with van der Waals surface area (Å²) in [7, 11) is -10.7. The summed E-state index contributed by atoms with van der Waals surface area (Å²) in [6.45, 7) is 0. The molecule has 2 N–H and O–H groups in total. The Labute approximate surface area is 103 Å². The van der Waals surface area contributed by atoms with E-state index in [0.29, 0.717) is 0 Å². The Morgan fingerprint density at radius 2 is 1.45 bits per heavy atom. The van der Waals surface area contributed by atoms with Gasteiger partial charge in [0, 0.05) is 0 Å². The van der Waals surface area contributed by atoms with E-state index in [1.54, 1.807) is 0 Å². The topological polar surface area (TPSA) is 130 Å². The largest absolute Gasteiger partial charge is 2.00 e. The molecule has 0 aliphatic heterocycles.